The van der Waals surface area contributed by atoms with Crippen LogP contribution in [0.5, 0.6) is 0 Å². The molecule has 4 saturated carbocycles. The summed E-state index contributed by atoms with van der Waals surface area (Å²) in [4.78, 5) is 26.7. The molecule has 0 aliphatic heterocycles. The van der Waals surface area contributed by atoms with Crippen molar-refractivity contribution in [2.45, 2.75) is 111 Å². The Labute approximate surface area is 221 Å². The highest BCUT2D eigenvalue weighted by Crippen LogP contribution is 2.76. The molecule has 3 nitrogen and oxygen atoms in total. The highest BCUT2D eigenvalue weighted by molar-refractivity contribution is 6.64. The molecule has 0 aromatic heterocycles. The molecular weight excluding hydrogens is 479 g/mol. The van der Waals surface area contributed by atoms with Gasteiger partial charge in [-0.25, -0.2) is 0 Å². The summed E-state index contributed by atoms with van der Waals surface area (Å²) in [6, 6.07) is 0. The van der Waals surface area contributed by atoms with E-state index in [-0.39, 0.29) is 50.4 Å². The van der Waals surface area contributed by atoms with E-state index in [1.807, 2.05) is 13.0 Å². The minimum Gasteiger partial charge on any atom is -0.374 e. The fraction of sp³-hybridized carbons (Fsp3) is 0.867. The first-order chi connectivity index (χ1) is 15.9. The van der Waals surface area contributed by atoms with Crippen LogP contribution in [0.4, 0.5) is 0 Å². The van der Waals surface area contributed by atoms with E-state index in [9.17, 15) is 14.7 Å². The highest BCUT2D eigenvalue weighted by Gasteiger charge is 2.71. The summed E-state index contributed by atoms with van der Waals surface area (Å²) in [5, 5.41) is 9.63. The number of ketones is 1. The molecule has 0 aromatic carbocycles. The molecule has 35 heavy (non-hydrogen) atoms. The normalized spacial score (nSPS) is 55.1. The van der Waals surface area contributed by atoms with Gasteiger partial charge in [0.05, 0.1) is 0 Å². The Bertz CT molecular complexity index is 1020. The molecule has 0 radical (unpaired) electrons. The zero-order chi connectivity index (χ0) is 26.0. The van der Waals surface area contributed by atoms with Crippen LogP contribution in [-0.2, 0) is 9.59 Å². The quantitative estimate of drug-likeness (QED) is 0.284. The number of rotatable bonds is 1. The monoisotopic (exact) mass is 522 g/mol. The molecule has 5 heteroatoms. The van der Waals surface area contributed by atoms with Gasteiger partial charge >= 0.3 is 0 Å². The fourth-order valence-corrected chi connectivity index (χ4v) is 10.7. The van der Waals surface area contributed by atoms with E-state index < -0.39 is 15.9 Å². The maximum Gasteiger partial charge on any atom is 0.227 e. The van der Waals surface area contributed by atoms with Crippen LogP contribution in [0.25, 0.3) is 0 Å². The van der Waals surface area contributed by atoms with Gasteiger partial charge in [-0.1, -0.05) is 65.6 Å². The molecular formula is C30H44Cl2O3. The minimum atomic E-state index is -1.24. The fourth-order valence-electron chi connectivity index (χ4n) is 10.3. The van der Waals surface area contributed by atoms with E-state index in [0.717, 1.165) is 51.4 Å². The number of carbonyl (C=O) groups is 2. The standard InChI is InChI=1S/C30H44Cl2O3/c1-24(2)21-8-9-29(7)22(27(21,5)13-15-30(24,32)35)20(33)16-18-19-17-26(4,23(31)34)11-10-25(19,3)12-14-28(18,29)6/h16,19,21-22,35H,8-15,17H2,1-7H3/t19-,21?,22-,25-,26+,27+,28-,29-,30+/m1/s1. The Hall–Kier alpha value is -0.380. The van der Waals surface area contributed by atoms with Crippen molar-refractivity contribution in [1.29, 1.82) is 0 Å². The zero-order valence-corrected chi connectivity index (χ0v) is 24.2. The smallest absolute Gasteiger partial charge is 0.227 e. The van der Waals surface area contributed by atoms with E-state index >= 15 is 0 Å². The first-order valence-corrected chi connectivity index (χ1v) is 14.5. The van der Waals surface area contributed by atoms with Crippen molar-refractivity contribution < 1.29 is 14.7 Å². The molecule has 1 unspecified atom stereocenters. The number of hydrogen-bond acceptors (Lipinski definition) is 3. The van der Waals surface area contributed by atoms with E-state index in [4.69, 9.17) is 23.2 Å². The van der Waals surface area contributed by atoms with Crippen molar-refractivity contribution in [3.63, 3.8) is 0 Å². The van der Waals surface area contributed by atoms with E-state index in [1.54, 1.807) is 0 Å². The zero-order valence-electron chi connectivity index (χ0n) is 22.7. The van der Waals surface area contributed by atoms with Crippen molar-refractivity contribution in [3.8, 4) is 0 Å². The van der Waals surface area contributed by atoms with Crippen LogP contribution in [0.15, 0.2) is 11.6 Å². The van der Waals surface area contributed by atoms with Gasteiger partial charge in [-0.2, -0.15) is 0 Å². The first-order valence-electron chi connectivity index (χ1n) is 13.8. The summed E-state index contributed by atoms with van der Waals surface area (Å²) in [5.74, 6) is 0.582. The maximum absolute atomic E-state index is 14.3. The number of fused-ring (bicyclic) bond motifs is 7. The Morgan fingerprint density at radius 1 is 0.943 bits per heavy atom. The van der Waals surface area contributed by atoms with Crippen molar-refractivity contribution in [2.75, 3.05) is 0 Å². The summed E-state index contributed by atoms with van der Waals surface area (Å²) >= 11 is 12.8. The molecule has 4 fully saturated rings. The highest BCUT2D eigenvalue weighted by atomic mass is 35.5. The summed E-state index contributed by atoms with van der Waals surface area (Å²) in [7, 11) is 0. The van der Waals surface area contributed by atoms with Gasteiger partial charge in [0.25, 0.3) is 0 Å². The van der Waals surface area contributed by atoms with Crippen LogP contribution in [-0.4, -0.2) is 21.2 Å². The van der Waals surface area contributed by atoms with Crippen LogP contribution >= 0.6 is 23.2 Å². The average Bonchev–Trinajstić information content (AvgIpc) is 2.74. The van der Waals surface area contributed by atoms with Crippen molar-refractivity contribution >= 4 is 34.2 Å². The largest absolute Gasteiger partial charge is 0.374 e. The number of aliphatic hydroxyl groups is 1. The average molecular weight is 524 g/mol. The molecule has 0 saturated heterocycles. The second-order valence-corrected chi connectivity index (χ2v) is 16.0. The SMILES string of the molecule is CC1(C)C2CC[C@]3(C)[C@H](C(=O)C=C4[C@H]5C[C@@](C)(C(=O)Cl)CC[C@]5(C)CC[C@]43C)[C@@]2(C)CC[C@@]1(O)Cl. The number of hydrogen-bond donors (Lipinski definition) is 1. The Balaban J connectivity index is 1.62. The summed E-state index contributed by atoms with van der Waals surface area (Å²) in [6.07, 6.45) is 10.0. The van der Waals surface area contributed by atoms with Gasteiger partial charge < -0.3 is 5.11 Å². The van der Waals surface area contributed by atoms with Gasteiger partial charge in [0, 0.05) is 16.7 Å². The van der Waals surface area contributed by atoms with Crippen molar-refractivity contribution in [1.82, 2.24) is 0 Å². The number of alkyl halides is 1. The molecule has 196 valence electrons. The lowest BCUT2D eigenvalue weighted by Gasteiger charge is -2.71. The van der Waals surface area contributed by atoms with Gasteiger partial charge in [-0.15, -0.1) is 0 Å². The molecule has 9 atom stereocenters. The first kappa shape index (κ1) is 26.2. The molecule has 0 amide bonds. The number of halogens is 2. The van der Waals surface area contributed by atoms with Gasteiger partial charge in [-0.05, 0) is 109 Å². The van der Waals surface area contributed by atoms with Gasteiger partial charge in [0.15, 0.2) is 5.78 Å². The Morgan fingerprint density at radius 2 is 1.57 bits per heavy atom. The third-order valence-corrected chi connectivity index (χ3v) is 14.3. The third-order valence-electron chi connectivity index (χ3n) is 13.2. The molecule has 0 aromatic rings. The van der Waals surface area contributed by atoms with Crippen LogP contribution in [0.3, 0.4) is 0 Å². The van der Waals surface area contributed by atoms with Gasteiger partial charge in [0.1, 0.15) is 5.06 Å². The molecule has 5 rings (SSSR count). The third kappa shape index (κ3) is 3.13. The lowest BCUT2D eigenvalue weighted by Crippen LogP contribution is -2.67. The summed E-state index contributed by atoms with van der Waals surface area (Å²) < 4.78 is 0. The number of carbonyl (C=O) groups excluding carboxylic acids is 2. The maximum atomic E-state index is 14.3. The lowest BCUT2D eigenvalue weighted by molar-refractivity contribution is -0.210. The van der Waals surface area contributed by atoms with Crippen molar-refractivity contribution in [3.05, 3.63) is 11.6 Å². The summed E-state index contributed by atoms with van der Waals surface area (Å²) in [5.41, 5.74) is -0.0198. The second kappa shape index (κ2) is 7.38. The molecule has 0 heterocycles. The molecule has 0 spiro atoms. The minimum absolute atomic E-state index is 0.0801. The lowest BCUT2D eigenvalue weighted by atomic mass is 9.33. The second-order valence-electron chi connectivity index (χ2n) is 15.0. The molecule has 5 aliphatic carbocycles. The van der Waals surface area contributed by atoms with Crippen LogP contribution in [0.2, 0.25) is 0 Å². The van der Waals surface area contributed by atoms with Gasteiger partial charge in [0.2, 0.25) is 5.24 Å². The topological polar surface area (TPSA) is 54.4 Å². The van der Waals surface area contributed by atoms with Crippen LogP contribution < -0.4 is 0 Å². The van der Waals surface area contributed by atoms with Crippen LogP contribution in [0.1, 0.15) is 106 Å². The molecule has 0 bridgehead atoms. The molecule has 1 N–H and O–H groups in total. The van der Waals surface area contributed by atoms with E-state index in [2.05, 4.69) is 41.5 Å². The van der Waals surface area contributed by atoms with Crippen LogP contribution in [0, 0.1) is 50.2 Å². The Morgan fingerprint density at radius 3 is 2.20 bits per heavy atom. The van der Waals surface area contributed by atoms with E-state index in [1.165, 1.54) is 5.57 Å². The van der Waals surface area contributed by atoms with Gasteiger partial charge in [-0.3, -0.25) is 9.59 Å². The Kier molecular flexibility index (Phi) is 5.53. The number of allylic oxidation sites excluding steroid dienone is 2. The predicted octanol–water partition coefficient (Wildman–Crippen LogP) is 7.66. The predicted molar refractivity (Wildman–Crippen MR) is 141 cm³/mol. The van der Waals surface area contributed by atoms with Crippen molar-refractivity contribution in [2.24, 2.45) is 50.2 Å². The summed E-state index contributed by atoms with van der Waals surface area (Å²) in [6.45, 7) is 15.7. The van der Waals surface area contributed by atoms with E-state index in [0.29, 0.717) is 6.42 Å². The molecule has 5 aliphatic rings.